The van der Waals surface area contributed by atoms with Crippen LogP contribution in [0, 0.1) is 5.92 Å². The van der Waals surface area contributed by atoms with Crippen molar-refractivity contribution in [2.75, 3.05) is 19.6 Å². The number of pyridine rings is 1. The molecule has 1 aliphatic heterocycles. The van der Waals surface area contributed by atoms with Gasteiger partial charge in [0, 0.05) is 25.0 Å². The normalized spacial score (nSPS) is 14.8. The summed E-state index contributed by atoms with van der Waals surface area (Å²) in [5, 5.41) is 2.98. The van der Waals surface area contributed by atoms with E-state index in [1.807, 2.05) is 12.1 Å². The minimum absolute atomic E-state index is 0.0289. The first-order chi connectivity index (χ1) is 18.8. The van der Waals surface area contributed by atoms with E-state index in [1.165, 1.54) is 75.6 Å². The number of hydrogen-bond donors (Lipinski definition) is 1. The zero-order valence-electron chi connectivity index (χ0n) is 22.7. The first-order valence-corrected chi connectivity index (χ1v) is 14.5. The van der Waals surface area contributed by atoms with Crippen LogP contribution in [0.3, 0.4) is 0 Å². The third-order valence-electron chi connectivity index (χ3n) is 7.69. The molecule has 1 aromatic heterocycles. The van der Waals surface area contributed by atoms with Crippen LogP contribution in [-0.4, -0.2) is 35.4 Å². The minimum atomic E-state index is -0.0289. The first-order valence-electron chi connectivity index (χ1n) is 14.5. The molecule has 4 rings (SSSR count). The van der Waals surface area contributed by atoms with Crippen molar-refractivity contribution in [3.05, 3.63) is 108 Å². The van der Waals surface area contributed by atoms with Gasteiger partial charge in [0.2, 0.25) is 5.91 Å². The number of nitrogens with one attached hydrogen (secondary N) is 1. The number of hydrogen-bond acceptors (Lipinski definition) is 3. The summed E-state index contributed by atoms with van der Waals surface area (Å²) < 4.78 is 0. The van der Waals surface area contributed by atoms with E-state index in [-0.39, 0.29) is 5.91 Å². The van der Waals surface area contributed by atoms with E-state index < -0.39 is 0 Å². The molecule has 1 N–H and O–H groups in total. The van der Waals surface area contributed by atoms with Gasteiger partial charge in [-0.15, -0.1) is 0 Å². The smallest absolute Gasteiger partial charge is 0.243 e. The predicted molar refractivity (Wildman–Crippen MR) is 158 cm³/mol. The van der Waals surface area contributed by atoms with Crippen LogP contribution in [0.4, 0.5) is 0 Å². The molecular weight excluding hydrogens is 466 g/mol. The summed E-state index contributed by atoms with van der Waals surface area (Å²) in [4.78, 5) is 18.7. The van der Waals surface area contributed by atoms with Crippen LogP contribution < -0.4 is 5.32 Å². The van der Waals surface area contributed by atoms with E-state index in [0.29, 0.717) is 6.04 Å². The Morgan fingerprint density at radius 3 is 2.11 bits per heavy atom. The number of nitrogens with zero attached hydrogens (tertiary/aromatic N) is 2. The molecule has 0 aliphatic carbocycles. The SMILES string of the molecule is O=C(/C=C/c1cccnc1)NCCCCCCCCC1CCN(C(c2ccccc2)c2ccccc2)CC1. The summed E-state index contributed by atoms with van der Waals surface area (Å²) in [5.41, 5.74) is 3.74. The zero-order valence-corrected chi connectivity index (χ0v) is 22.7. The number of unbranched alkanes of at least 4 members (excludes halogenated alkanes) is 5. The predicted octanol–water partition coefficient (Wildman–Crippen LogP) is 7.44. The Morgan fingerprint density at radius 1 is 0.842 bits per heavy atom. The van der Waals surface area contributed by atoms with Gasteiger partial charge in [-0.25, -0.2) is 0 Å². The van der Waals surface area contributed by atoms with E-state index in [0.717, 1.165) is 24.4 Å². The largest absolute Gasteiger partial charge is 0.353 e. The van der Waals surface area contributed by atoms with E-state index >= 15 is 0 Å². The lowest BCUT2D eigenvalue weighted by Gasteiger charge is -2.38. The summed E-state index contributed by atoms with van der Waals surface area (Å²) in [6.45, 7) is 3.12. The second kappa shape index (κ2) is 15.9. The van der Waals surface area contributed by atoms with Gasteiger partial charge in [-0.3, -0.25) is 14.7 Å². The van der Waals surface area contributed by atoms with Gasteiger partial charge in [-0.2, -0.15) is 0 Å². The van der Waals surface area contributed by atoms with E-state index in [1.54, 1.807) is 24.5 Å². The summed E-state index contributed by atoms with van der Waals surface area (Å²) in [6, 6.07) is 26.1. The molecule has 0 bridgehead atoms. The lowest BCUT2D eigenvalue weighted by atomic mass is 9.88. The minimum Gasteiger partial charge on any atom is -0.353 e. The number of piperidine rings is 1. The van der Waals surface area contributed by atoms with Crippen molar-refractivity contribution >= 4 is 12.0 Å². The van der Waals surface area contributed by atoms with Crippen LogP contribution in [-0.2, 0) is 4.79 Å². The molecule has 0 unspecified atom stereocenters. The highest BCUT2D eigenvalue weighted by Gasteiger charge is 2.27. The number of carbonyl (C=O) groups excluding carboxylic acids is 1. The van der Waals surface area contributed by atoms with Crippen molar-refractivity contribution in [2.45, 2.75) is 63.8 Å². The Labute approximate surface area is 229 Å². The van der Waals surface area contributed by atoms with Crippen LogP contribution in [0.2, 0.25) is 0 Å². The average molecular weight is 510 g/mol. The molecule has 4 heteroatoms. The summed E-state index contributed by atoms with van der Waals surface area (Å²) >= 11 is 0. The highest BCUT2D eigenvalue weighted by Crippen LogP contribution is 2.33. The summed E-state index contributed by atoms with van der Waals surface area (Å²) in [6.07, 6.45) is 18.3. The Hall–Kier alpha value is -3.24. The van der Waals surface area contributed by atoms with Gasteiger partial charge in [0.25, 0.3) is 0 Å². The van der Waals surface area contributed by atoms with Gasteiger partial charge < -0.3 is 5.32 Å². The van der Waals surface area contributed by atoms with E-state index in [9.17, 15) is 4.79 Å². The molecule has 1 amide bonds. The molecule has 38 heavy (non-hydrogen) atoms. The Balaban J connectivity index is 1.06. The average Bonchev–Trinajstić information content (AvgIpc) is 2.98. The van der Waals surface area contributed by atoms with Crippen LogP contribution in [0.25, 0.3) is 6.08 Å². The third kappa shape index (κ3) is 9.25. The maximum absolute atomic E-state index is 11.9. The lowest BCUT2D eigenvalue weighted by molar-refractivity contribution is -0.116. The molecule has 1 aliphatic rings. The molecule has 200 valence electrons. The molecule has 0 radical (unpaired) electrons. The number of benzene rings is 2. The monoisotopic (exact) mass is 509 g/mol. The molecule has 2 aromatic carbocycles. The highest BCUT2D eigenvalue weighted by molar-refractivity contribution is 5.91. The van der Waals surface area contributed by atoms with Gasteiger partial charge in [-0.05, 0) is 67.1 Å². The summed E-state index contributed by atoms with van der Waals surface area (Å²) in [7, 11) is 0. The quantitative estimate of drug-likeness (QED) is 0.181. The fraction of sp³-hybridized carbons (Fsp3) is 0.412. The zero-order chi connectivity index (χ0) is 26.3. The second-order valence-electron chi connectivity index (χ2n) is 10.5. The highest BCUT2D eigenvalue weighted by atomic mass is 16.1. The molecule has 0 saturated carbocycles. The van der Waals surface area contributed by atoms with Gasteiger partial charge in [-0.1, -0.05) is 105 Å². The van der Waals surface area contributed by atoms with Crippen LogP contribution in [0.5, 0.6) is 0 Å². The molecular formula is C34H43N3O. The molecule has 0 spiro atoms. The van der Waals surface area contributed by atoms with Gasteiger partial charge in [0.05, 0.1) is 6.04 Å². The van der Waals surface area contributed by atoms with Crippen molar-refractivity contribution < 1.29 is 4.79 Å². The molecule has 0 atom stereocenters. The van der Waals surface area contributed by atoms with E-state index in [4.69, 9.17) is 0 Å². The Kier molecular flexibility index (Phi) is 11.6. The number of likely N-dealkylation sites (tertiary alicyclic amines) is 1. The Morgan fingerprint density at radius 2 is 1.47 bits per heavy atom. The van der Waals surface area contributed by atoms with Gasteiger partial charge in [0.15, 0.2) is 0 Å². The fourth-order valence-electron chi connectivity index (χ4n) is 5.57. The van der Waals surface area contributed by atoms with Crippen LogP contribution >= 0.6 is 0 Å². The summed E-state index contributed by atoms with van der Waals surface area (Å²) in [5.74, 6) is 0.840. The number of rotatable bonds is 14. The van der Waals surface area contributed by atoms with Gasteiger partial charge >= 0.3 is 0 Å². The maximum atomic E-state index is 11.9. The molecule has 3 aromatic rings. The maximum Gasteiger partial charge on any atom is 0.243 e. The Bertz CT molecular complexity index is 1040. The lowest BCUT2D eigenvalue weighted by Crippen LogP contribution is -2.37. The van der Waals surface area contributed by atoms with Gasteiger partial charge in [0.1, 0.15) is 0 Å². The topological polar surface area (TPSA) is 45.2 Å². The van der Waals surface area contributed by atoms with Crippen molar-refractivity contribution in [3.63, 3.8) is 0 Å². The number of amides is 1. The third-order valence-corrected chi connectivity index (χ3v) is 7.69. The van der Waals surface area contributed by atoms with Crippen LogP contribution in [0.15, 0.2) is 91.3 Å². The molecule has 2 heterocycles. The fourth-order valence-corrected chi connectivity index (χ4v) is 5.57. The molecule has 4 nitrogen and oxygen atoms in total. The van der Waals surface area contributed by atoms with Crippen molar-refractivity contribution in [1.29, 1.82) is 0 Å². The number of aromatic nitrogens is 1. The standard InChI is InChI=1S/C34H43N3O/c38-33(21-20-30-15-13-24-35-28-30)36-25-12-4-2-1-3-7-14-29-22-26-37(27-23-29)34(31-16-8-5-9-17-31)32-18-10-6-11-19-32/h5-6,8-11,13,15-21,24,28-29,34H,1-4,7,12,14,22-23,25-27H2,(H,36,38)/b21-20+. The number of carbonyl (C=O) groups is 1. The first kappa shape index (κ1) is 27.8. The van der Waals surface area contributed by atoms with Crippen LogP contribution in [0.1, 0.15) is 80.5 Å². The molecule has 1 saturated heterocycles. The van der Waals surface area contributed by atoms with Crippen molar-refractivity contribution in [3.8, 4) is 0 Å². The second-order valence-corrected chi connectivity index (χ2v) is 10.5. The van der Waals surface area contributed by atoms with Crippen molar-refractivity contribution in [1.82, 2.24) is 15.2 Å². The van der Waals surface area contributed by atoms with E-state index in [2.05, 4.69) is 75.9 Å². The molecule has 1 fully saturated rings. The van der Waals surface area contributed by atoms with Crippen molar-refractivity contribution in [2.24, 2.45) is 5.92 Å².